The van der Waals surface area contributed by atoms with Crippen LogP contribution in [0.25, 0.3) is 0 Å². The van der Waals surface area contributed by atoms with Crippen molar-refractivity contribution in [3.8, 4) is 11.5 Å². The number of carbonyl (C=O) groups is 2. The predicted molar refractivity (Wildman–Crippen MR) is 102 cm³/mol. The van der Waals surface area contributed by atoms with Crippen molar-refractivity contribution in [2.24, 2.45) is 0 Å². The summed E-state index contributed by atoms with van der Waals surface area (Å²) in [5.74, 6) is -0.225. The van der Waals surface area contributed by atoms with E-state index in [4.69, 9.17) is 14.2 Å². The van der Waals surface area contributed by atoms with Crippen LogP contribution in [0.5, 0.6) is 11.5 Å². The van der Waals surface area contributed by atoms with Crippen molar-refractivity contribution in [3.63, 3.8) is 0 Å². The lowest BCUT2D eigenvalue weighted by Crippen LogP contribution is -2.30. The van der Waals surface area contributed by atoms with Crippen LogP contribution >= 0.6 is 0 Å². The Morgan fingerprint density at radius 2 is 1.63 bits per heavy atom. The molecule has 0 aliphatic heterocycles. The SMILES string of the molecule is CCc1ccc(CN(C)C(=O)COC(=O)c2cccc(OC)c2OC)cc1. The minimum Gasteiger partial charge on any atom is -0.493 e. The number of ether oxygens (including phenoxy) is 3. The zero-order chi connectivity index (χ0) is 19.8. The van der Waals surface area contributed by atoms with Crippen LogP contribution < -0.4 is 9.47 Å². The highest BCUT2D eigenvalue weighted by Gasteiger charge is 2.19. The van der Waals surface area contributed by atoms with Gasteiger partial charge in [-0.25, -0.2) is 4.79 Å². The van der Waals surface area contributed by atoms with Crippen LogP contribution in [0.4, 0.5) is 0 Å². The molecule has 0 aromatic heterocycles. The summed E-state index contributed by atoms with van der Waals surface area (Å²) >= 11 is 0. The molecule has 0 radical (unpaired) electrons. The van der Waals surface area contributed by atoms with Gasteiger partial charge in [-0.1, -0.05) is 37.3 Å². The molecule has 0 heterocycles. The van der Waals surface area contributed by atoms with E-state index in [2.05, 4.69) is 6.92 Å². The Morgan fingerprint density at radius 1 is 0.963 bits per heavy atom. The molecule has 0 atom stereocenters. The summed E-state index contributed by atoms with van der Waals surface area (Å²) in [6.07, 6.45) is 0.971. The highest BCUT2D eigenvalue weighted by atomic mass is 16.5. The van der Waals surface area contributed by atoms with E-state index in [1.54, 1.807) is 25.2 Å². The summed E-state index contributed by atoms with van der Waals surface area (Å²) in [4.78, 5) is 26.1. The van der Waals surface area contributed by atoms with E-state index >= 15 is 0 Å². The minimum absolute atomic E-state index is 0.211. The van der Waals surface area contributed by atoms with Crippen LogP contribution in [0.2, 0.25) is 0 Å². The number of hydrogen-bond donors (Lipinski definition) is 0. The Labute approximate surface area is 159 Å². The van der Waals surface area contributed by atoms with Gasteiger partial charge in [-0.3, -0.25) is 4.79 Å². The minimum atomic E-state index is -0.639. The number of rotatable bonds is 8. The fourth-order valence-electron chi connectivity index (χ4n) is 2.61. The third-order valence-corrected chi connectivity index (χ3v) is 4.23. The van der Waals surface area contributed by atoms with E-state index < -0.39 is 5.97 Å². The Kier molecular flexibility index (Phi) is 7.23. The highest BCUT2D eigenvalue weighted by molar-refractivity contribution is 5.94. The van der Waals surface area contributed by atoms with Crippen molar-refractivity contribution < 1.29 is 23.8 Å². The van der Waals surface area contributed by atoms with E-state index in [0.29, 0.717) is 12.3 Å². The van der Waals surface area contributed by atoms with Crippen LogP contribution in [-0.4, -0.2) is 44.7 Å². The van der Waals surface area contributed by atoms with Gasteiger partial charge in [-0.05, 0) is 29.7 Å². The number of hydrogen-bond acceptors (Lipinski definition) is 5. The molecule has 2 aromatic rings. The van der Waals surface area contributed by atoms with Crippen LogP contribution in [0, 0.1) is 0 Å². The molecule has 1 amide bonds. The average molecular weight is 371 g/mol. The fraction of sp³-hybridized carbons (Fsp3) is 0.333. The van der Waals surface area contributed by atoms with Gasteiger partial charge < -0.3 is 19.1 Å². The van der Waals surface area contributed by atoms with E-state index in [0.717, 1.165) is 12.0 Å². The monoisotopic (exact) mass is 371 g/mol. The Balaban J connectivity index is 1.95. The number of esters is 1. The van der Waals surface area contributed by atoms with Crippen LogP contribution in [0.1, 0.15) is 28.4 Å². The van der Waals surface area contributed by atoms with E-state index in [1.807, 2.05) is 24.3 Å². The molecule has 0 spiro atoms. The van der Waals surface area contributed by atoms with Crippen LogP contribution in [0.3, 0.4) is 0 Å². The smallest absolute Gasteiger partial charge is 0.342 e. The lowest BCUT2D eigenvalue weighted by molar-refractivity contribution is -0.133. The van der Waals surface area contributed by atoms with Crippen molar-refractivity contribution in [2.75, 3.05) is 27.9 Å². The molecule has 0 fully saturated rings. The quantitative estimate of drug-likeness (QED) is 0.667. The van der Waals surface area contributed by atoms with Crippen molar-refractivity contribution >= 4 is 11.9 Å². The number of carbonyl (C=O) groups excluding carboxylic acids is 2. The molecule has 2 rings (SSSR count). The molecule has 144 valence electrons. The molecule has 0 bridgehead atoms. The molecule has 6 heteroatoms. The molecule has 0 N–H and O–H groups in total. The summed E-state index contributed by atoms with van der Waals surface area (Å²) in [7, 11) is 4.60. The molecule has 0 aliphatic carbocycles. The zero-order valence-corrected chi connectivity index (χ0v) is 16.2. The summed E-state index contributed by atoms with van der Waals surface area (Å²) in [5.41, 5.74) is 2.47. The maximum Gasteiger partial charge on any atom is 0.342 e. The number of nitrogens with zero attached hydrogens (tertiary/aromatic N) is 1. The first-order chi connectivity index (χ1) is 13.0. The second-order valence-corrected chi connectivity index (χ2v) is 6.04. The average Bonchev–Trinajstić information content (AvgIpc) is 2.71. The number of likely N-dealkylation sites (N-methyl/N-ethyl adjacent to an activating group) is 1. The van der Waals surface area contributed by atoms with Gasteiger partial charge in [0.15, 0.2) is 18.1 Å². The third-order valence-electron chi connectivity index (χ3n) is 4.23. The van der Waals surface area contributed by atoms with Crippen molar-refractivity contribution in [2.45, 2.75) is 19.9 Å². The van der Waals surface area contributed by atoms with Crippen molar-refractivity contribution in [3.05, 3.63) is 59.2 Å². The number of para-hydroxylation sites is 1. The van der Waals surface area contributed by atoms with E-state index in [9.17, 15) is 9.59 Å². The standard InChI is InChI=1S/C21H25NO5/c1-5-15-9-11-16(12-10-15)13-22(2)19(23)14-27-21(24)17-7-6-8-18(25-3)20(17)26-4/h6-12H,5,13-14H2,1-4H3. The first-order valence-corrected chi connectivity index (χ1v) is 8.70. The Hall–Kier alpha value is -3.02. The van der Waals surface area contributed by atoms with E-state index in [-0.39, 0.29) is 23.8 Å². The topological polar surface area (TPSA) is 65.1 Å². The normalized spacial score (nSPS) is 10.2. The Bertz CT molecular complexity index is 786. The number of methoxy groups -OCH3 is 2. The molecule has 6 nitrogen and oxygen atoms in total. The molecule has 27 heavy (non-hydrogen) atoms. The molecule has 0 unspecified atom stereocenters. The Morgan fingerprint density at radius 3 is 2.22 bits per heavy atom. The summed E-state index contributed by atoms with van der Waals surface area (Å²) in [5, 5.41) is 0. The second-order valence-electron chi connectivity index (χ2n) is 6.04. The number of benzene rings is 2. The molecular formula is C21H25NO5. The van der Waals surface area contributed by atoms with Gasteiger partial charge in [0.25, 0.3) is 5.91 Å². The predicted octanol–water partition coefficient (Wildman–Crippen LogP) is 3.08. The van der Waals surface area contributed by atoms with Gasteiger partial charge >= 0.3 is 5.97 Å². The molecule has 0 saturated heterocycles. The van der Waals surface area contributed by atoms with Gasteiger partial charge in [-0.2, -0.15) is 0 Å². The number of amides is 1. The zero-order valence-electron chi connectivity index (χ0n) is 16.2. The highest BCUT2D eigenvalue weighted by Crippen LogP contribution is 2.31. The van der Waals surface area contributed by atoms with Crippen molar-refractivity contribution in [1.29, 1.82) is 0 Å². The summed E-state index contributed by atoms with van der Waals surface area (Å²) in [6, 6.07) is 13.0. The third kappa shape index (κ3) is 5.23. The summed E-state index contributed by atoms with van der Waals surface area (Å²) in [6.45, 7) is 2.20. The van der Waals surface area contributed by atoms with Gasteiger partial charge in [-0.15, -0.1) is 0 Å². The second kappa shape index (κ2) is 9.62. The van der Waals surface area contributed by atoms with Crippen LogP contribution in [0.15, 0.2) is 42.5 Å². The van der Waals surface area contributed by atoms with Gasteiger partial charge in [0.1, 0.15) is 5.56 Å². The van der Waals surface area contributed by atoms with Crippen LogP contribution in [-0.2, 0) is 22.5 Å². The maximum atomic E-state index is 12.3. The van der Waals surface area contributed by atoms with Gasteiger partial charge in [0, 0.05) is 13.6 Å². The molecule has 2 aromatic carbocycles. The lowest BCUT2D eigenvalue weighted by Gasteiger charge is -2.18. The first-order valence-electron chi connectivity index (χ1n) is 8.70. The summed E-state index contributed by atoms with van der Waals surface area (Å²) < 4.78 is 15.5. The van der Waals surface area contributed by atoms with Gasteiger partial charge in [0.05, 0.1) is 14.2 Å². The lowest BCUT2D eigenvalue weighted by atomic mass is 10.1. The molecule has 0 saturated carbocycles. The number of aryl methyl sites for hydroxylation is 1. The maximum absolute atomic E-state index is 12.3. The first kappa shape index (κ1) is 20.3. The molecule has 0 aliphatic rings. The fourth-order valence-corrected chi connectivity index (χ4v) is 2.61. The van der Waals surface area contributed by atoms with Crippen molar-refractivity contribution in [1.82, 2.24) is 4.90 Å². The van der Waals surface area contributed by atoms with Gasteiger partial charge in [0.2, 0.25) is 0 Å². The largest absolute Gasteiger partial charge is 0.493 e. The molecular weight excluding hydrogens is 346 g/mol. The van der Waals surface area contributed by atoms with E-state index in [1.165, 1.54) is 24.7 Å².